The molecule has 14 heteroatoms. The SMILES string of the molecule is C[C@H](NC(=O)c1cc(Cl)cc(C(F)(F)F)c1)c1ncnn1-c1ccc(NC(=O)c2cccc(Cl)c2)cn1.S. The molecule has 0 radical (unpaired) electrons. The average Bonchev–Trinajstić information content (AvgIpc) is 3.34. The minimum atomic E-state index is -4.66. The van der Waals surface area contributed by atoms with Crippen molar-refractivity contribution in [2.45, 2.75) is 19.1 Å². The molecule has 198 valence electrons. The van der Waals surface area contributed by atoms with E-state index in [0.717, 1.165) is 18.2 Å². The number of anilines is 1. The van der Waals surface area contributed by atoms with Gasteiger partial charge in [0.1, 0.15) is 6.33 Å². The van der Waals surface area contributed by atoms with Gasteiger partial charge < -0.3 is 10.6 Å². The lowest BCUT2D eigenvalue weighted by Gasteiger charge is -2.15. The van der Waals surface area contributed by atoms with Gasteiger partial charge in [0.05, 0.1) is 23.5 Å². The summed E-state index contributed by atoms with van der Waals surface area (Å²) >= 11 is 11.7. The number of alkyl halides is 3. The Balaban J connectivity index is 0.00000400. The maximum Gasteiger partial charge on any atom is 0.416 e. The van der Waals surface area contributed by atoms with Gasteiger partial charge in [-0.15, -0.1) is 0 Å². The van der Waals surface area contributed by atoms with Crippen molar-refractivity contribution in [1.29, 1.82) is 0 Å². The summed E-state index contributed by atoms with van der Waals surface area (Å²) < 4.78 is 40.6. The van der Waals surface area contributed by atoms with Crippen LogP contribution in [-0.2, 0) is 6.18 Å². The normalized spacial score (nSPS) is 11.8. The number of hydrogen-bond donors (Lipinski definition) is 2. The summed E-state index contributed by atoms with van der Waals surface area (Å²) in [6.07, 6.45) is -2.00. The van der Waals surface area contributed by atoms with E-state index in [1.54, 1.807) is 37.3 Å². The highest BCUT2D eigenvalue weighted by Crippen LogP contribution is 2.32. The summed E-state index contributed by atoms with van der Waals surface area (Å²) in [7, 11) is 0. The summed E-state index contributed by atoms with van der Waals surface area (Å²) in [5.41, 5.74) is -0.497. The van der Waals surface area contributed by atoms with E-state index in [9.17, 15) is 22.8 Å². The third-order valence-electron chi connectivity index (χ3n) is 5.11. The molecule has 8 nitrogen and oxygen atoms in total. The van der Waals surface area contributed by atoms with Crippen LogP contribution in [0.25, 0.3) is 5.82 Å². The van der Waals surface area contributed by atoms with Crippen LogP contribution in [0, 0.1) is 0 Å². The fourth-order valence-electron chi connectivity index (χ4n) is 3.37. The number of hydrogen-bond acceptors (Lipinski definition) is 5. The standard InChI is InChI=1S/C24H17Cl2F3N6O2.H2S/c1-13(33-23(37)15-7-16(24(27,28)29)10-18(26)9-15)21-31-12-32-35(21)20-6-5-19(11-30-20)34-22(36)14-3-2-4-17(25)8-14;/h2-13H,1H3,(H,33,37)(H,34,36);1H2/t13-;/m0./s1. The number of carbonyl (C=O) groups excluding carboxylic acids is 2. The van der Waals surface area contributed by atoms with Gasteiger partial charge in [-0.3, -0.25) is 9.59 Å². The van der Waals surface area contributed by atoms with E-state index >= 15 is 0 Å². The van der Waals surface area contributed by atoms with Crippen molar-refractivity contribution in [2.75, 3.05) is 5.32 Å². The van der Waals surface area contributed by atoms with E-state index in [1.165, 1.54) is 23.3 Å². The number of nitrogens with one attached hydrogen (secondary N) is 2. The van der Waals surface area contributed by atoms with Crippen molar-refractivity contribution in [3.8, 4) is 5.82 Å². The molecule has 4 rings (SSSR count). The van der Waals surface area contributed by atoms with Gasteiger partial charge in [-0.25, -0.2) is 9.97 Å². The number of pyridine rings is 1. The van der Waals surface area contributed by atoms with Gasteiger partial charge in [0, 0.05) is 21.2 Å². The number of rotatable bonds is 6. The highest BCUT2D eigenvalue weighted by Gasteiger charge is 2.32. The molecule has 0 saturated carbocycles. The molecule has 0 aliphatic heterocycles. The fourth-order valence-corrected chi connectivity index (χ4v) is 3.79. The first-order valence-electron chi connectivity index (χ1n) is 10.6. The highest BCUT2D eigenvalue weighted by molar-refractivity contribution is 7.59. The maximum absolute atomic E-state index is 13.1. The predicted octanol–water partition coefficient (Wildman–Crippen LogP) is 5.84. The molecule has 38 heavy (non-hydrogen) atoms. The van der Waals surface area contributed by atoms with Gasteiger partial charge in [-0.1, -0.05) is 29.3 Å². The topological polar surface area (TPSA) is 102 Å². The minimum absolute atomic E-state index is 0. The van der Waals surface area contributed by atoms with E-state index in [4.69, 9.17) is 23.2 Å². The van der Waals surface area contributed by atoms with Crippen molar-refractivity contribution in [3.63, 3.8) is 0 Å². The maximum atomic E-state index is 13.1. The average molecular weight is 583 g/mol. The Morgan fingerprint density at radius 3 is 2.34 bits per heavy atom. The van der Waals surface area contributed by atoms with Crippen LogP contribution in [0.5, 0.6) is 0 Å². The lowest BCUT2D eigenvalue weighted by Crippen LogP contribution is -2.29. The van der Waals surface area contributed by atoms with Crippen molar-refractivity contribution in [3.05, 3.63) is 99.7 Å². The van der Waals surface area contributed by atoms with Gasteiger partial charge in [0.15, 0.2) is 11.6 Å². The Morgan fingerprint density at radius 2 is 1.68 bits per heavy atom. The number of halogens is 5. The molecule has 0 unspecified atom stereocenters. The number of nitrogens with zero attached hydrogens (tertiary/aromatic N) is 4. The quantitative estimate of drug-likeness (QED) is 0.297. The van der Waals surface area contributed by atoms with Crippen LogP contribution in [0.15, 0.2) is 67.1 Å². The Kier molecular flexibility index (Phi) is 9.02. The Hall–Kier alpha value is -3.61. The van der Waals surface area contributed by atoms with Crippen LogP contribution in [0.4, 0.5) is 18.9 Å². The lowest BCUT2D eigenvalue weighted by molar-refractivity contribution is -0.137. The zero-order valence-electron chi connectivity index (χ0n) is 19.4. The lowest BCUT2D eigenvalue weighted by atomic mass is 10.1. The van der Waals surface area contributed by atoms with E-state index in [-0.39, 0.29) is 35.8 Å². The minimum Gasteiger partial charge on any atom is -0.342 e. The van der Waals surface area contributed by atoms with Gasteiger partial charge in [0.25, 0.3) is 11.8 Å². The highest BCUT2D eigenvalue weighted by atomic mass is 35.5. The Bertz CT molecular complexity index is 1460. The number of aromatic nitrogens is 4. The summed E-state index contributed by atoms with van der Waals surface area (Å²) in [5.74, 6) is -0.544. The molecule has 4 aromatic rings. The van der Waals surface area contributed by atoms with Crippen molar-refractivity contribution >= 4 is 54.2 Å². The third kappa shape index (κ3) is 6.82. The summed E-state index contributed by atoms with van der Waals surface area (Å²) in [6.45, 7) is 1.59. The summed E-state index contributed by atoms with van der Waals surface area (Å²) in [6, 6.07) is 11.5. The van der Waals surface area contributed by atoms with Crippen LogP contribution in [0.3, 0.4) is 0 Å². The summed E-state index contributed by atoms with van der Waals surface area (Å²) in [5, 5.41) is 9.62. The van der Waals surface area contributed by atoms with Gasteiger partial charge in [-0.2, -0.15) is 36.4 Å². The van der Waals surface area contributed by atoms with Gasteiger partial charge in [0.2, 0.25) is 0 Å². The molecule has 2 amide bonds. The molecule has 0 aliphatic rings. The molecule has 0 aliphatic carbocycles. The first-order valence-corrected chi connectivity index (χ1v) is 11.4. The second-order valence-corrected chi connectivity index (χ2v) is 8.69. The van der Waals surface area contributed by atoms with E-state index in [0.29, 0.717) is 22.1 Å². The second-order valence-electron chi connectivity index (χ2n) is 7.82. The smallest absolute Gasteiger partial charge is 0.342 e. The molecule has 0 spiro atoms. The molecular formula is C24H19Cl2F3N6O2S. The first-order chi connectivity index (χ1) is 17.5. The molecule has 0 fully saturated rings. The zero-order valence-corrected chi connectivity index (χ0v) is 21.9. The van der Waals surface area contributed by atoms with Gasteiger partial charge >= 0.3 is 6.18 Å². The predicted molar refractivity (Wildman–Crippen MR) is 141 cm³/mol. The molecule has 2 heterocycles. The zero-order chi connectivity index (χ0) is 26.7. The largest absolute Gasteiger partial charge is 0.416 e. The van der Waals surface area contributed by atoms with E-state index < -0.39 is 23.7 Å². The summed E-state index contributed by atoms with van der Waals surface area (Å²) in [4.78, 5) is 33.5. The van der Waals surface area contributed by atoms with E-state index in [2.05, 4.69) is 25.7 Å². The van der Waals surface area contributed by atoms with Crippen molar-refractivity contribution in [2.24, 2.45) is 0 Å². The van der Waals surface area contributed by atoms with E-state index in [1.807, 2.05) is 0 Å². The third-order valence-corrected chi connectivity index (χ3v) is 5.56. The fraction of sp³-hybridized carbons (Fsp3) is 0.125. The van der Waals surface area contributed by atoms with Crippen LogP contribution in [-0.4, -0.2) is 31.6 Å². The number of amides is 2. The molecule has 0 bridgehead atoms. The van der Waals surface area contributed by atoms with Crippen molar-refractivity contribution < 1.29 is 22.8 Å². The number of benzene rings is 2. The van der Waals surface area contributed by atoms with Gasteiger partial charge in [-0.05, 0) is 55.5 Å². The second kappa shape index (κ2) is 11.8. The molecule has 2 N–H and O–H groups in total. The molecule has 2 aromatic carbocycles. The molecule has 1 atom stereocenters. The Morgan fingerprint density at radius 1 is 0.947 bits per heavy atom. The van der Waals surface area contributed by atoms with Crippen LogP contribution >= 0.6 is 36.7 Å². The molecular weight excluding hydrogens is 564 g/mol. The first kappa shape index (κ1) is 29.0. The van der Waals surface area contributed by atoms with Crippen LogP contribution in [0.1, 0.15) is 45.1 Å². The molecule has 2 aromatic heterocycles. The van der Waals surface area contributed by atoms with Crippen molar-refractivity contribution in [1.82, 2.24) is 25.1 Å². The molecule has 0 saturated heterocycles. The van der Waals surface area contributed by atoms with Crippen LogP contribution in [0.2, 0.25) is 10.0 Å². The number of carbonyl (C=O) groups is 2. The van der Waals surface area contributed by atoms with Crippen LogP contribution < -0.4 is 10.6 Å². The monoisotopic (exact) mass is 582 g/mol. The Labute approximate surface area is 231 Å².